The number of carbonyl (C=O) groups excluding carboxylic acids is 1. The van der Waals surface area contributed by atoms with E-state index in [9.17, 15) is 13.2 Å². The highest BCUT2D eigenvalue weighted by Crippen LogP contribution is 2.33. The summed E-state index contributed by atoms with van der Waals surface area (Å²) in [5.74, 6) is 0.676. The first-order valence-electron chi connectivity index (χ1n) is 12.4. The number of hydrogen-bond acceptors (Lipinski definition) is 5. The van der Waals surface area contributed by atoms with Crippen LogP contribution < -0.4 is 14.4 Å². The van der Waals surface area contributed by atoms with Crippen molar-refractivity contribution in [2.45, 2.75) is 29.4 Å². The molecule has 0 spiro atoms. The van der Waals surface area contributed by atoms with E-state index in [1.54, 1.807) is 36.0 Å². The number of thioether (sulfide) groups is 1. The fraction of sp³-hybridized carbons (Fsp3) is 0.167. The quantitative estimate of drug-likeness (QED) is 0.190. The number of sulfonamides is 1. The van der Waals surface area contributed by atoms with Crippen molar-refractivity contribution in [1.82, 2.24) is 0 Å². The van der Waals surface area contributed by atoms with E-state index in [4.69, 9.17) is 16.3 Å². The number of ether oxygens (including phenoxy) is 1. The number of hydrogen-bond donors (Lipinski definition) is 1. The molecule has 0 fully saturated rings. The van der Waals surface area contributed by atoms with Gasteiger partial charge in [0.25, 0.3) is 10.0 Å². The zero-order valence-electron chi connectivity index (χ0n) is 21.6. The summed E-state index contributed by atoms with van der Waals surface area (Å²) in [6, 6.07) is 28.6. The van der Waals surface area contributed by atoms with E-state index in [0.717, 1.165) is 21.2 Å². The average Bonchev–Trinajstić information content (AvgIpc) is 2.93. The van der Waals surface area contributed by atoms with Gasteiger partial charge in [-0.3, -0.25) is 9.10 Å². The monoisotopic (exact) mass is 580 g/mol. The van der Waals surface area contributed by atoms with E-state index >= 15 is 0 Å². The lowest BCUT2D eigenvalue weighted by Crippen LogP contribution is -2.38. The summed E-state index contributed by atoms with van der Waals surface area (Å²) in [5, 5.41) is 3.29. The molecule has 202 valence electrons. The first-order chi connectivity index (χ1) is 18.8. The molecule has 4 aromatic carbocycles. The number of amides is 1. The Bertz CT molecular complexity index is 1530. The zero-order valence-corrected chi connectivity index (χ0v) is 24.0. The Balaban J connectivity index is 1.56. The highest BCUT2D eigenvalue weighted by atomic mass is 35.5. The summed E-state index contributed by atoms with van der Waals surface area (Å²) >= 11 is 7.72. The predicted molar refractivity (Wildman–Crippen MR) is 159 cm³/mol. The molecule has 0 aliphatic heterocycles. The van der Waals surface area contributed by atoms with Crippen LogP contribution in [0.3, 0.4) is 0 Å². The van der Waals surface area contributed by atoms with Gasteiger partial charge >= 0.3 is 0 Å². The summed E-state index contributed by atoms with van der Waals surface area (Å²) < 4.78 is 34.2. The second kappa shape index (κ2) is 13.1. The van der Waals surface area contributed by atoms with Crippen molar-refractivity contribution in [2.24, 2.45) is 0 Å². The van der Waals surface area contributed by atoms with Crippen molar-refractivity contribution in [3.8, 4) is 5.75 Å². The van der Waals surface area contributed by atoms with Gasteiger partial charge in [-0.05, 0) is 79.6 Å². The van der Waals surface area contributed by atoms with Crippen molar-refractivity contribution in [1.29, 1.82) is 0 Å². The molecule has 0 bridgehead atoms. The Labute approximate surface area is 239 Å². The standard InChI is InChI=1S/C30H29ClN2O4S2/c1-3-37-29-12-8-7-11-28(29)33(39(35,36)26-16-14-24(31)15-17-26)20-30(34)32-27-18-13-23(19-22(27)2)21-38-25-9-5-4-6-10-25/h4-19H,3,20-21H2,1-2H3,(H,32,34). The molecular weight excluding hydrogens is 552 g/mol. The molecular formula is C30H29ClN2O4S2. The lowest BCUT2D eigenvalue weighted by molar-refractivity contribution is -0.114. The molecule has 0 aliphatic rings. The smallest absolute Gasteiger partial charge is 0.264 e. The van der Waals surface area contributed by atoms with Crippen LogP contribution in [0.5, 0.6) is 5.75 Å². The summed E-state index contributed by atoms with van der Waals surface area (Å²) in [4.78, 5) is 14.5. The zero-order chi connectivity index (χ0) is 27.8. The topological polar surface area (TPSA) is 75.7 Å². The third-order valence-corrected chi connectivity index (χ3v) is 8.95. The minimum absolute atomic E-state index is 0.0162. The molecule has 0 heterocycles. The number of rotatable bonds is 11. The van der Waals surface area contributed by atoms with Gasteiger partial charge in [-0.15, -0.1) is 11.8 Å². The number of para-hydroxylation sites is 2. The number of anilines is 2. The summed E-state index contributed by atoms with van der Waals surface area (Å²) in [6.45, 7) is 3.62. The number of benzene rings is 4. The summed E-state index contributed by atoms with van der Waals surface area (Å²) in [6.07, 6.45) is 0. The molecule has 0 aliphatic carbocycles. The SMILES string of the molecule is CCOc1ccccc1N(CC(=O)Nc1ccc(CSc2ccccc2)cc1C)S(=O)(=O)c1ccc(Cl)cc1. The normalized spacial score (nSPS) is 11.2. The fourth-order valence-electron chi connectivity index (χ4n) is 3.93. The second-order valence-corrected chi connectivity index (χ2v) is 12.0. The third kappa shape index (κ3) is 7.35. The van der Waals surface area contributed by atoms with Crippen molar-refractivity contribution < 1.29 is 17.9 Å². The Kier molecular flexibility index (Phi) is 9.56. The Hall–Kier alpha value is -3.46. The van der Waals surface area contributed by atoms with Crippen LogP contribution in [0.4, 0.5) is 11.4 Å². The molecule has 0 radical (unpaired) electrons. The van der Waals surface area contributed by atoms with Crippen LogP contribution in [-0.4, -0.2) is 27.5 Å². The van der Waals surface area contributed by atoms with Crippen molar-refractivity contribution in [3.63, 3.8) is 0 Å². The van der Waals surface area contributed by atoms with E-state index in [-0.39, 0.29) is 10.6 Å². The number of aryl methyl sites for hydroxylation is 1. The molecule has 1 amide bonds. The van der Waals surface area contributed by atoms with Gasteiger partial charge in [-0.25, -0.2) is 8.42 Å². The van der Waals surface area contributed by atoms with Gasteiger partial charge in [0.05, 0.1) is 17.2 Å². The van der Waals surface area contributed by atoms with E-state index in [1.807, 2.05) is 50.2 Å². The second-order valence-electron chi connectivity index (χ2n) is 8.67. The highest BCUT2D eigenvalue weighted by molar-refractivity contribution is 7.98. The van der Waals surface area contributed by atoms with Crippen molar-refractivity contribution in [3.05, 3.63) is 113 Å². The Morgan fingerprint density at radius 1 is 0.949 bits per heavy atom. The van der Waals surface area contributed by atoms with E-state index in [1.165, 1.54) is 29.2 Å². The van der Waals surface area contributed by atoms with Crippen LogP contribution in [-0.2, 0) is 20.6 Å². The summed E-state index contributed by atoms with van der Waals surface area (Å²) in [7, 11) is -4.12. The fourth-order valence-corrected chi connectivity index (χ4v) is 6.35. The van der Waals surface area contributed by atoms with Crippen LogP contribution in [0.2, 0.25) is 5.02 Å². The van der Waals surface area contributed by atoms with Crippen molar-refractivity contribution >= 4 is 50.7 Å². The molecule has 1 N–H and O–H groups in total. The third-order valence-electron chi connectivity index (χ3n) is 5.84. The molecule has 0 aromatic heterocycles. The molecule has 9 heteroatoms. The molecule has 6 nitrogen and oxygen atoms in total. The molecule has 4 rings (SSSR count). The van der Waals surface area contributed by atoms with Crippen LogP contribution in [0.1, 0.15) is 18.1 Å². The molecule has 0 atom stereocenters. The molecule has 0 saturated carbocycles. The maximum absolute atomic E-state index is 13.7. The molecule has 39 heavy (non-hydrogen) atoms. The minimum atomic E-state index is -4.12. The number of nitrogens with zero attached hydrogens (tertiary/aromatic N) is 1. The highest BCUT2D eigenvalue weighted by Gasteiger charge is 2.29. The predicted octanol–water partition coefficient (Wildman–Crippen LogP) is 7.17. The lowest BCUT2D eigenvalue weighted by Gasteiger charge is -2.26. The van der Waals surface area contributed by atoms with E-state index in [2.05, 4.69) is 17.4 Å². The lowest BCUT2D eigenvalue weighted by atomic mass is 10.1. The molecule has 0 unspecified atom stereocenters. The first-order valence-corrected chi connectivity index (χ1v) is 15.2. The molecule has 0 saturated heterocycles. The van der Waals surface area contributed by atoms with Crippen LogP contribution in [0.25, 0.3) is 0 Å². The maximum Gasteiger partial charge on any atom is 0.264 e. The average molecular weight is 581 g/mol. The molecule has 4 aromatic rings. The number of halogens is 1. The maximum atomic E-state index is 13.7. The Morgan fingerprint density at radius 3 is 2.33 bits per heavy atom. The largest absolute Gasteiger partial charge is 0.492 e. The van der Waals surface area contributed by atoms with Gasteiger partial charge in [0, 0.05) is 21.4 Å². The number of nitrogens with one attached hydrogen (secondary N) is 1. The van der Waals surface area contributed by atoms with E-state index in [0.29, 0.717) is 23.1 Å². The Morgan fingerprint density at radius 2 is 1.64 bits per heavy atom. The number of carbonyl (C=O) groups is 1. The van der Waals surface area contributed by atoms with Gasteiger partial charge in [-0.1, -0.05) is 54.1 Å². The van der Waals surface area contributed by atoms with Gasteiger partial charge in [-0.2, -0.15) is 0 Å². The van der Waals surface area contributed by atoms with Crippen LogP contribution in [0.15, 0.2) is 107 Å². The van der Waals surface area contributed by atoms with Crippen LogP contribution in [0, 0.1) is 6.92 Å². The van der Waals surface area contributed by atoms with E-state index < -0.39 is 22.5 Å². The van der Waals surface area contributed by atoms with Gasteiger partial charge in [0.1, 0.15) is 12.3 Å². The van der Waals surface area contributed by atoms with Crippen molar-refractivity contribution in [2.75, 3.05) is 22.8 Å². The van der Waals surface area contributed by atoms with Gasteiger partial charge in [0.2, 0.25) is 5.91 Å². The van der Waals surface area contributed by atoms with Gasteiger partial charge in [0.15, 0.2) is 0 Å². The van der Waals surface area contributed by atoms with Gasteiger partial charge < -0.3 is 10.1 Å². The van der Waals surface area contributed by atoms with Crippen LogP contribution >= 0.6 is 23.4 Å². The minimum Gasteiger partial charge on any atom is -0.492 e. The summed E-state index contributed by atoms with van der Waals surface area (Å²) in [5.41, 5.74) is 2.90. The first kappa shape index (κ1) is 28.5.